The predicted molar refractivity (Wildman–Crippen MR) is 90.3 cm³/mol. The maximum Gasteiger partial charge on any atom is 0.407 e. The number of nitrogen functional groups attached to an aromatic ring is 1. The quantitative estimate of drug-likeness (QED) is 0.766. The van der Waals surface area contributed by atoms with E-state index in [9.17, 15) is 9.90 Å². The summed E-state index contributed by atoms with van der Waals surface area (Å²) >= 11 is 0. The van der Waals surface area contributed by atoms with Crippen LogP contribution in [-0.2, 0) is 0 Å². The van der Waals surface area contributed by atoms with Gasteiger partial charge in [-0.1, -0.05) is 26.8 Å². The molecule has 22 heavy (non-hydrogen) atoms. The van der Waals surface area contributed by atoms with Crippen LogP contribution in [0.1, 0.15) is 56.2 Å². The normalized spacial score (nSPS) is 22.7. The Hall–Kier alpha value is -1.71. The number of amides is 1. The van der Waals surface area contributed by atoms with Crippen LogP contribution in [0.3, 0.4) is 0 Å². The van der Waals surface area contributed by atoms with Crippen LogP contribution in [0.5, 0.6) is 0 Å². The molecule has 0 bridgehead atoms. The number of benzene rings is 1. The Morgan fingerprint density at radius 1 is 1.27 bits per heavy atom. The van der Waals surface area contributed by atoms with Crippen molar-refractivity contribution >= 4 is 11.8 Å². The molecule has 3 N–H and O–H groups in total. The lowest BCUT2D eigenvalue weighted by Crippen LogP contribution is -2.51. The van der Waals surface area contributed by atoms with Gasteiger partial charge in [-0.15, -0.1) is 0 Å². The van der Waals surface area contributed by atoms with Crippen molar-refractivity contribution in [1.29, 1.82) is 0 Å². The van der Waals surface area contributed by atoms with E-state index in [-0.39, 0.29) is 11.5 Å². The van der Waals surface area contributed by atoms with Gasteiger partial charge < -0.3 is 15.7 Å². The number of hydrogen-bond acceptors (Lipinski definition) is 2. The number of aryl methyl sites for hydroxylation is 2. The molecular weight excluding hydrogens is 276 g/mol. The number of nitrogens with zero attached hydrogens (tertiary/aromatic N) is 1. The minimum absolute atomic E-state index is 0.0426. The molecule has 1 aromatic carbocycles. The van der Waals surface area contributed by atoms with Crippen LogP contribution in [0.25, 0.3) is 0 Å². The first kappa shape index (κ1) is 16.7. The fraction of sp³-hybridized carbons (Fsp3) is 0.611. The summed E-state index contributed by atoms with van der Waals surface area (Å²) in [6.07, 6.45) is 0.951. The molecule has 2 rings (SSSR count). The first-order chi connectivity index (χ1) is 10.1. The van der Waals surface area contributed by atoms with Crippen LogP contribution in [0.4, 0.5) is 10.5 Å². The van der Waals surface area contributed by atoms with Crippen LogP contribution in [0.15, 0.2) is 12.1 Å². The van der Waals surface area contributed by atoms with E-state index in [1.54, 1.807) is 4.90 Å². The number of nitrogens with two attached hydrogens (primary N) is 1. The Morgan fingerprint density at radius 3 is 2.45 bits per heavy atom. The molecule has 0 saturated carbocycles. The molecule has 4 heteroatoms. The van der Waals surface area contributed by atoms with Gasteiger partial charge in [-0.3, -0.25) is 0 Å². The zero-order valence-electron chi connectivity index (χ0n) is 14.3. The Kier molecular flexibility index (Phi) is 4.41. The van der Waals surface area contributed by atoms with E-state index in [0.29, 0.717) is 12.5 Å². The molecule has 1 amide bonds. The van der Waals surface area contributed by atoms with Crippen molar-refractivity contribution in [1.82, 2.24) is 4.90 Å². The maximum absolute atomic E-state index is 11.5. The topological polar surface area (TPSA) is 66.6 Å². The molecule has 1 aromatic rings. The van der Waals surface area contributed by atoms with Gasteiger partial charge in [0, 0.05) is 18.3 Å². The van der Waals surface area contributed by atoms with Crippen molar-refractivity contribution in [2.75, 3.05) is 12.3 Å². The maximum atomic E-state index is 11.5. The Bertz CT molecular complexity index is 575. The van der Waals surface area contributed by atoms with Crippen molar-refractivity contribution in [3.63, 3.8) is 0 Å². The highest BCUT2D eigenvalue weighted by Crippen LogP contribution is 2.40. The summed E-state index contributed by atoms with van der Waals surface area (Å²) in [5.41, 5.74) is 10.4. The fourth-order valence-electron chi connectivity index (χ4n) is 3.60. The van der Waals surface area contributed by atoms with Gasteiger partial charge in [0.1, 0.15) is 0 Å². The summed E-state index contributed by atoms with van der Waals surface area (Å²) in [6.45, 7) is 11.1. The van der Waals surface area contributed by atoms with E-state index in [1.807, 2.05) is 13.0 Å². The molecular formula is C18H28N2O2. The standard InChI is InChI=1S/C18H28N2O2/c1-11-9-15(19)12(2)8-14(11)13-6-7-20(17(21)22)16(10-13)18(3,4)5/h8-9,13,16H,6-7,10,19H2,1-5H3,(H,21,22). The summed E-state index contributed by atoms with van der Waals surface area (Å²) in [5.74, 6) is 0.402. The first-order valence-electron chi connectivity index (χ1n) is 7.97. The van der Waals surface area contributed by atoms with Gasteiger partial charge in [-0.25, -0.2) is 4.79 Å². The average molecular weight is 304 g/mol. The fourth-order valence-corrected chi connectivity index (χ4v) is 3.60. The van der Waals surface area contributed by atoms with E-state index < -0.39 is 6.09 Å². The lowest BCUT2D eigenvalue weighted by molar-refractivity contribution is 0.0525. The number of likely N-dealkylation sites (tertiary alicyclic amines) is 1. The molecule has 0 radical (unpaired) electrons. The van der Waals surface area contributed by atoms with E-state index in [2.05, 4.69) is 33.8 Å². The first-order valence-corrected chi connectivity index (χ1v) is 7.97. The molecule has 1 fully saturated rings. The largest absolute Gasteiger partial charge is 0.465 e. The molecule has 1 saturated heterocycles. The minimum Gasteiger partial charge on any atom is -0.465 e. The van der Waals surface area contributed by atoms with Crippen molar-refractivity contribution in [2.24, 2.45) is 5.41 Å². The third kappa shape index (κ3) is 3.21. The Balaban J connectivity index is 2.32. The highest BCUT2D eigenvalue weighted by molar-refractivity contribution is 5.66. The SMILES string of the molecule is Cc1cc(C2CCN(C(=O)O)C(C(C)(C)C)C2)c(C)cc1N. The molecule has 2 unspecified atom stereocenters. The van der Waals surface area contributed by atoms with Crippen molar-refractivity contribution in [3.8, 4) is 0 Å². The van der Waals surface area contributed by atoms with Crippen LogP contribution in [0.2, 0.25) is 0 Å². The highest BCUT2D eigenvalue weighted by Gasteiger charge is 2.39. The summed E-state index contributed by atoms with van der Waals surface area (Å²) in [6, 6.07) is 4.27. The van der Waals surface area contributed by atoms with E-state index in [4.69, 9.17) is 5.73 Å². The van der Waals surface area contributed by atoms with E-state index in [1.165, 1.54) is 11.1 Å². The number of anilines is 1. The molecule has 1 heterocycles. The smallest absolute Gasteiger partial charge is 0.407 e. The Morgan fingerprint density at radius 2 is 1.91 bits per heavy atom. The molecule has 122 valence electrons. The second-order valence-electron chi connectivity index (χ2n) is 7.64. The lowest BCUT2D eigenvalue weighted by Gasteiger charge is -2.45. The molecule has 1 aliphatic rings. The van der Waals surface area contributed by atoms with Gasteiger partial charge in [-0.05, 0) is 60.8 Å². The summed E-state index contributed by atoms with van der Waals surface area (Å²) in [4.78, 5) is 13.2. The second kappa shape index (κ2) is 5.82. The van der Waals surface area contributed by atoms with Crippen molar-refractivity contribution in [2.45, 2.75) is 59.4 Å². The number of carboxylic acid groups (broad SMARTS) is 1. The minimum atomic E-state index is -0.802. The van der Waals surface area contributed by atoms with Gasteiger partial charge in [0.15, 0.2) is 0 Å². The van der Waals surface area contributed by atoms with E-state index in [0.717, 1.165) is 24.1 Å². The number of rotatable bonds is 1. The van der Waals surface area contributed by atoms with Crippen molar-refractivity contribution in [3.05, 3.63) is 28.8 Å². The van der Waals surface area contributed by atoms with Gasteiger partial charge in [0.2, 0.25) is 0 Å². The monoisotopic (exact) mass is 304 g/mol. The van der Waals surface area contributed by atoms with Gasteiger partial charge in [0.05, 0.1) is 0 Å². The lowest BCUT2D eigenvalue weighted by atomic mass is 9.74. The molecule has 2 atom stereocenters. The van der Waals surface area contributed by atoms with Gasteiger partial charge >= 0.3 is 6.09 Å². The number of carbonyl (C=O) groups is 1. The molecule has 1 aliphatic heterocycles. The molecule has 0 aromatic heterocycles. The second-order valence-corrected chi connectivity index (χ2v) is 7.64. The summed E-state index contributed by atoms with van der Waals surface area (Å²) in [5, 5.41) is 9.47. The molecule has 0 spiro atoms. The summed E-state index contributed by atoms with van der Waals surface area (Å²) < 4.78 is 0. The average Bonchev–Trinajstić information content (AvgIpc) is 2.41. The summed E-state index contributed by atoms with van der Waals surface area (Å²) in [7, 11) is 0. The predicted octanol–water partition coefficient (Wildman–Crippen LogP) is 4.16. The zero-order chi connectivity index (χ0) is 16.7. The van der Waals surface area contributed by atoms with Gasteiger partial charge in [-0.2, -0.15) is 0 Å². The third-order valence-electron chi connectivity index (χ3n) is 4.94. The van der Waals surface area contributed by atoms with Crippen LogP contribution >= 0.6 is 0 Å². The van der Waals surface area contributed by atoms with Gasteiger partial charge in [0.25, 0.3) is 0 Å². The molecule has 0 aliphatic carbocycles. The molecule has 4 nitrogen and oxygen atoms in total. The number of piperidine rings is 1. The van der Waals surface area contributed by atoms with Crippen LogP contribution in [-0.4, -0.2) is 28.7 Å². The van der Waals surface area contributed by atoms with Crippen molar-refractivity contribution < 1.29 is 9.90 Å². The third-order valence-corrected chi connectivity index (χ3v) is 4.94. The van der Waals surface area contributed by atoms with Crippen LogP contribution in [0, 0.1) is 19.3 Å². The zero-order valence-corrected chi connectivity index (χ0v) is 14.3. The van der Waals surface area contributed by atoms with Crippen LogP contribution < -0.4 is 5.73 Å². The van der Waals surface area contributed by atoms with E-state index >= 15 is 0 Å². The number of hydrogen-bond donors (Lipinski definition) is 2. The Labute approximate surface area is 133 Å². The highest BCUT2D eigenvalue weighted by atomic mass is 16.4.